The Morgan fingerprint density at radius 2 is 1.96 bits per heavy atom. The summed E-state index contributed by atoms with van der Waals surface area (Å²) >= 11 is 0. The van der Waals surface area contributed by atoms with E-state index in [2.05, 4.69) is 4.90 Å². The first-order chi connectivity index (χ1) is 12.3. The van der Waals surface area contributed by atoms with Crippen molar-refractivity contribution >= 4 is 11.6 Å². The molecule has 1 aliphatic heterocycles. The van der Waals surface area contributed by atoms with Crippen LogP contribution in [-0.4, -0.2) is 41.1 Å². The van der Waals surface area contributed by atoms with E-state index in [-0.39, 0.29) is 23.2 Å². The van der Waals surface area contributed by atoms with Crippen LogP contribution in [0.25, 0.3) is 0 Å². The van der Waals surface area contributed by atoms with Crippen LogP contribution in [0.3, 0.4) is 0 Å². The van der Waals surface area contributed by atoms with Crippen LogP contribution >= 0.6 is 0 Å². The summed E-state index contributed by atoms with van der Waals surface area (Å²) in [4.78, 5) is 16.8. The minimum absolute atomic E-state index is 0.141. The predicted octanol–water partition coefficient (Wildman–Crippen LogP) is 3.71. The van der Waals surface area contributed by atoms with Gasteiger partial charge in [0.15, 0.2) is 0 Å². The summed E-state index contributed by atoms with van der Waals surface area (Å²) in [5.41, 5.74) is 1.53. The average Bonchev–Trinajstić information content (AvgIpc) is 3.08. The highest BCUT2D eigenvalue weighted by Crippen LogP contribution is 2.32. The summed E-state index contributed by atoms with van der Waals surface area (Å²) in [6, 6.07) is 5.10. The summed E-state index contributed by atoms with van der Waals surface area (Å²) < 4.78 is 13.9. The van der Waals surface area contributed by atoms with Crippen molar-refractivity contribution in [2.75, 3.05) is 18.0 Å². The number of halogens is 1. The number of benzene rings is 1. The van der Waals surface area contributed by atoms with E-state index in [4.69, 9.17) is 0 Å². The largest absolute Gasteiger partial charge is 0.391 e. The average molecular weight is 362 g/mol. The van der Waals surface area contributed by atoms with Gasteiger partial charge in [-0.1, -0.05) is 33.6 Å². The second-order valence-electron chi connectivity index (χ2n) is 8.81. The fourth-order valence-electron chi connectivity index (χ4n) is 3.98. The number of amides is 1. The van der Waals surface area contributed by atoms with Gasteiger partial charge >= 0.3 is 0 Å². The number of carbonyl (C=O) groups excluding carboxylic acids is 1. The Hall–Kier alpha value is -1.62. The number of anilines is 1. The lowest BCUT2D eigenvalue weighted by molar-refractivity contribution is -0.134. The summed E-state index contributed by atoms with van der Waals surface area (Å²) in [6.45, 7) is 7.45. The molecule has 5 heteroatoms. The highest BCUT2D eigenvalue weighted by molar-refractivity contribution is 5.78. The number of hydrogen-bond acceptors (Lipinski definition) is 3. The molecular formula is C21H31FN2O2. The fourth-order valence-corrected chi connectivity index (χ4v) is 3.98. The zero-order valence-electron chi connectivity index (χ0n) is 16.2. The molecule has 1 aliphatic carbocycles. The lowest BCUT2D eigenvalue weighted by Crippen LogP contribution is -2.45. The Kier molecular flexibility index (Phi) is 5.56. The van der Waals surface area contributed by atoms with Gasteiger partial charge in [0.1, 0.15) is 5.82 Å². The quantitative estimate of drug-likeness (QED) is 0.891. The molecule has 26 heavy (non-hydrogen) atoms. The highest BCUT2D eigenvalue weighted by Gasteiger charge is 2.32. The Bertz CT molecular complexity index is 650. The Morgan fingerprint density at radius 3 is 2.62 bits per heavy atom. The van der Waals surface area contributed by atoms with Crippen molar-refractivity contribution in [3.63, 3.8) is 0 Å². The lowest BCUT2D eigenvalue weighted by atomic mass is 9.88. The molecule has 0 radical (unpaired) electrons. The monoisotopic (exact) mass is 362 g/mol. The Morgan fingerprint density at radius 1 is 1.27 bits per heavy atom. The van der Waals surface area contributed by atoms with E-state index in [1.54, 1.807) is 12.1 Å². The summed E-state index contributed by atoms with van der Waals surface area (Å²) in [6.07, 6.45) is 4.32. The van der Waals surface area contributed by atoms with Gasteiger partial charge in [0.25, 0.3) is 0 Å². The molecule has 3 rings (SSSR count). The van der Waals surface area contributed by atoms with Crippen molar-refractivity contribution in [1.82, 2.24) is 4.90 Å². The second-order valence-corrected chi connectivity index (χ2v) is 8.81. The maximum Gasteiger partial charge on any atom is 0.224 e. The van der Waals surface area contributed by atoms with Crippen molar-refractivity contribution < 1.29 is 14.3 Å². The van der Waals surface area contributed by atoms with Crippen LogP contribution in [0.1, 0.15) is 58.4 Å². The van der Waals surface area contributed by atoms with Gasteiger partial charge in [0, 0.05) is 37.8 Å². The van der Waals surface area contributed by atoms with E-state index in [0.717, 1.165) is 36.9 Å². The van der Waals surface area contributed by atoms with E-state index in [1.165, 1.54) is 6.07 Å². The van der Waals surface area contributed by atoms with Crippen LogP contribution in [-0.2, 0) is 11.3 Å². The lowest BCUT2D eigenvalue weighted by Gasteiger charge is -2.38. The third kappa shape index (κ3) is 4.20. The van der Waals surface area contributed by atoms with Crippen LogP contribution in [0.5, 0.6) is 0 Å². The van der Waals surface area contributed by atoms with Crippen LogP contribution < -0.4 is 4.90 Å². The first kappa shape index (κ1) is 19.2. The van der Waals surface area contributed by atoms with E-state index in [9.17, 15) is 14.3 Å². The first-order valence-corrected chi connectivity index (χ1v) is 9.76. The zero-order valence-corrected chi connectivity index (χ0v) is 16.2. The van der Waals surface area contributed by atoms with Crippen LogP contribution in [0, 0.1) is 11.2 Å². The van der Waals surface area contributed by atoms with Crippen LogP contribution in [0.15, 0.2) is 18.2 Å². The number of aliphatic hydroxyl groups excluding tert-OH is 1. The van der Waals surface area contributed by atoms with Gasteiger partial charge in [-0.05, 0) is 42.0 Å². The SMILES string of the molecule is CC(C)(C)C(O)CN1CCC(=O)N(C2CCCC2)Cc2cc(F)ccc21. The van der Waals surface area contributed by atoms with E-state index >= 15 is 0 Å². The van der Waals surface area contributed by atoms with Gasteiger partial charge in [-0.2, -0.15) is 0 Å². The van der Waals surface area contributed by atoms with Crippen molar-refractivity contribution in [2.24, 2.45) is 5.41 Å². The van der Waals surface area contributed by atoms with Gasteiger partial charge in [0.2, 0.25) is 5.91 Å². The molecule has 0 spiro atoms. The summed E-state index contributed by atoms with van der Waals surface area (Å²) in [7, 11) is 0. The molecule has 1 N–H and O–H groups in total. The van der Waals surface area contributed by atoms with E-state index in [0.29, 0.717) is 26.1 Å². The normalized spacial score (nSPS) is 20.7. The molecule has 1 amide bonds. The topological polar surface area (TPSA) is 43.8 Å². The standard InChI is InChI=1S/C21H31FN2O2/c1-21(2,3)19(25)14-23-11-10-20(26)24(17-6-4-5-7-17)13-15-12-16(22)8-9-18(15)23/h8-9,12,17,19,25H,4-7,10-11,13-14H2,1-3H3. The number of β-amino-alcohol motifs (C(OH)–C–C–N with tert-alkyl or cyclic N) is 1. The number of aliphatic hydroxyl groups is 1. The van der Waals surface area contributed by atoms with Gasteiger partial charge < -0.3 is 14.9 Å². The Balaban J connectivity index is 1.90. The molecule has 1 atom stereocenters. The smallest absolute Gasteiger partial charge is 0.224 e. The fraction of sp³-hybridized carbons (Fsp3) is 0.667. The third-order valence-corrected chi connectivity index (χ3v) is 5.80. The Labute approximate surface area is 156 Å². The summed E-state index contributed by atoms with van der Waals surface area (Å²) in [5.74, 6) is -0.137. The molecule has 4 nitrogen and oxygen atoms in total. The third-order valence-electron chi connectivity index (χ3n) is 5.80. The molecule has 144 valence electrons. The molecule has 0 bridgehead atoms. The molecule has 1 aromatic rings. The van der Waals surface area contributed by atoms with Gasteiger partial charge in [-0.15, -0.1) is 0 Å². The minimum atomic E-state index is -0.527. The first-order valence-electron chi connectivity index (χ1n) is 9.76. The number of fused-ring (bicyclic) bond motifs is 1. The molecule has 2 aliphatic rings. The molecule has 0 aromatic heterocycles. The maximum atomic E-state index is 13.9. The van der Waals surface area contributed by atoms with E-state index in [1.807, 2.05) is 25.7 Å². The van der Waals surface area contributed by atoms with Crippen molar-refractivity contribution in [2.45, 2.75) is 71.6 Å². The molecule has 1 unspecified atom stereocenters. The summed E-state index contributed by atoms with van der Waals surface area (Å²) in [5, 5.41) is 10.6. The molecule has 1 fully saturated rings. The van der Waals surface area contributed by atoms with Gasteiger partial charge in [-0.25, -0.2) is 4.39 Å². The van der Waals surface area contributed by atoms with Crippen molar-refractivity contribution in [3.8, 4) is 0 Å². The maximum absolute atomic E-state index is 13.9. The zero-order chi connectivity index (χ0) is 18.9. The van der Waals surface area contributed by atoms with E-state index < -0.39 is 6.10 Å². The van der Waals surface area contributed by atoms with Gasteiger partial charge in [0.05, 0.1) is 6.10 Å². The van der Waals surface area contributed by atoms with Crippen molar-refractivity contribution in [1.29, 1.82) is 0 Å². The van der Waals surface area contributed by atoms with Crippen LogP contribution in [0.4, 0.5) is 10.1 Å². The number of nitrogens with zero attached hydrogens (tertiary/aromatic N) is 2. The highest BCUT2D eigenvalue weighted by atomic mass is 19.1. The molecule has 1 heterocycles. The van der Waals surface area contributed by atoms with Gasteiger partial charge in [-0.3, -0.25) is 4.79 Å². The molecule has 1 aromatic carbocycles. The molecular weight excluding hydrogens is 331 g/mol. The predicted molar refractivity (Wildman–Crippen MR) is 101 cm³/mol. The van der Waals surface area contributed by atoms with Crippen molar-refractivity contribution in [3.05, 3.63) is 29.6 Å². The number of carbonyl (C=O) groups is 1. The number of rotatable bonds is 3. The molecule has 1 saturated carbocycles. The van der Waals surface area contributed by atoms with Crippen LogP contribution in [0.2, 0.25) is 0 Å². The molecule has 0 saturated heterocycles. The number of hydrogen-bond donors (Lipinski definition) is 1. The second kappa shape index (κ2) is 7.55. The minimum Gasteiger partial charge on any atom is -0.391 e.